The van der Waals surface area contributed by atoms with Gasteiger partial charge < -0.3 is 5.32 Å². The van der Waals surface area contributed by atoms with Gasteiger partial charge in [-0.3, -0.25) is 4.79 Å². The minimum Gasteiger partial charge on any atom is -0.351 e. The Balaban J connectivity index is 2.00. The fourth-order valence-electron chi connectivity index (χ4n) is 2.43. The highest BCUT2D eigenvalue weighted by Gasteiger charge is 2.22. The highest BCUT2D eigenvalue weighted by atomic mass is 32.2. The molecule has 0 aliphatic carbocycles. The normalized spacial score (nSPS) is 13.2. The zero-order chi connectivity index (χ0) is 19.4. The van der Waals surface area contributed by atoms with Gasteiger partial charge in [0.1, 0.15) is 0 Å². The van der Waals surface area contributed by atoms with Crippen molar-refractivity contribution < 1.29 is 13.2 Å². The van der Waals surface area contributed by atoms with Crippen LogP contribution < -0.4 is 10.0 Å². The number of carbonyl (C=O) groups excluding carboxylic acids is 1. The van der Waals surface area contributed by atoms with Crippen LogP contribution in [0.25, 0.3) is 0 Å². The Labute approximate surface area is 155 Å². The minimum atomic E-state index is -3.76. The van der Waals surface area contributed by atoms with Crippen molar-refractivity contribution in [2.45, 2.75) is 50.6 Å². The fourth-order valence-corrected chi connectivity index (χ4v) is 3.63. The van der Waals surface area contributed by atoms with Gasteiger partial charge in [-0.2, -0.15) is 4.72 Å². The third-order valence-corrected chi connectivity index (χ3v) is 5.62. The molecule has 0 aromatic heterocycles. The lowest BCUT2D eigenvalue weighted by molar-refractivity contribution is -0.122. The molecule has 2 rings (SSSR count). The van der Waals surface area contributed by atoms with E-state index in [4.69, 9.17) is 0 Å². The summed E-state index contributed by atoms with van der Waals surface area (Å²) in [5.41, 5.74) is 1.94. The summed E-state index contributed by atoms with van der Waals surface area (Å²) in [6.45, 7) is 8.07. The molecular formula is C20H26N2O3S. The molecule has 0 spiro atoms. The quantitative estimate of drug-likeness (QED) is 0.816. The molecular weight excluding hydrogens is 348 g/mol. The molecule has 1 amide bonds. The van der Waals surface area contributed by atoms with Gasteiger partial charge in [-0.05, 0) is 35.6 Å². The van der Waals surface area contributed by atoms with Crippen molar-refractivity contribution in [2.24, 2.45) is 0 Å². The van der Waals surface area contributed by atoms with Gasteiger partial charge >= 0.3 is 0 Å². The first kappa shape index (κ1) is 20.1. The van der Waals surface area contributed by atoms with Crippen LogP contribution in [-0.4, -0.2) is 20.4 Å². The molecule has 0 saturated carbocycles. The number of rotatable bonds is 6. The van der Waals surface area contributed by atoms with Crippen LogP contribution in [0.4, 0.5) is 0 Å². The number of sulfonamides is 1. The molecule has 0 aliphatic rings. The smallest absolute Gasteiger partial charge is 0.241 e. The van der Waals surface area contributed by atoms with E-state index in [9.17, 15) is 13.2 Å². The predicted octanol–water partition coefficient (Wildman–Crippen LogP) is 2.97. The Bertz CT molecular complexity index is 839. The van der Waals surface area contributed by atoms with E-state index in [0.717, 1.165) is 11.1 Å². The van der Waals surface area contributed by atoms with E-state index in [1.165, 1.54) is 6.92 Å². The van der Waals surface area contributed by atoms with E-state index >= 15 is 0 Å². The molecule has 140 valence electrons. The first-order valence-electron chi connectivity index (χ1n) is 8.54. The molecule has 6 heteroatoms. The van der Waals surface area contributed by atoms with Crippen LogP contribution >= 0.6 is 0 Å². The summed E-state index contributed by atoms with van der Waals surface area (Å²) in [6, 6.07) is 15.3. The largest absolute Gasteiger partial charge is 0.351 e. The molecule has 26 heavy (non-hydrogen) atoms. The summed E-state index contributed by atoms with van der Waals surface area (Å²) in [4.78, 5) is 12.3. The average molecular weight is 375 g/mol. The number of hydrogen-bond acceptors (Lipinski definition) is 3. The lowest BCUT2D eigenvalue weighted by Gasteiger charge is -2.19. The van der Waals surface area contributed by atoms with Crippen molar-refractivity contribution in [1.29, 1.82) is 0 Å². The van der Waals surface area contributed by atoms with Gasteiger partial charge in [0, 0.05) is 6.54 Å². The third-order valence-electron chi connectivity index (χ3n) is 4.07. The Kier molecular flexibility index (Phi) is 6.21. The average Bonchev–Trinajstić information content (AvgIpc) is 2.59. The first-order valence-corrected chi connectivity index (χ1v) is 10.0. The van der Waals surface area contributed by atoms with Gasteiger partial charge in [-0.15, -0.1) is 0 Å². The SMILES string of the molecule is C[C@H](NS(=O)(=O)c1ccc(C(C)(C)C)cc1)C(=O)NCc1ccccc1. The van der Waals surface area contributed by atoms with Gasteiger partial charge in [-0.25, -0.2) is 8.42 Å². The first-order chi connectivity index (χ1) is 12.1. The van der Waals surface area contributed by atoms with E-state index in [1.54, 1.807) is 24.3 Å². The molecule has 5 nitrogen and oxygen atoms in total. The van der Waals surface area contributed by atoms with Crippen molar-refractivity contribution >= 4 is 15.9 Å². The molecule has 0 unspecified atom stereocenters. The Morgan fingerprint density at radius 2 is 1.58 bits per heavy atom. The van der Waals surface area contributed by atoms with Gasteiger partial charge in [0.2, 0.25) is 15.9 Å². The number of carbonyl (C=O) groups is 1. The predicted molar refractivity (Wildman–Crippen MR) is 103 cm³/mol. The third kappa shape index (κ3) is 5.41. The molecule has 2 aromatic carbocycles. The zero-order valence-electron chi connectivity index (χ0n) is 15.6. The highest BCUT2D eigenvalue weighted by molar-refractivity contribution is 7.89. The van der Waals surface area contributed by atoms with Gasteiger partial charge in [0.15, 0.2) is 0 Å². The maximum atomic E-state index is 12.5. The highest BCUT2D eigenvalue weighted by Crippen LogP contribution is 2.23. The molecule has 0 radical (unpaired) electrons. The monoisotopic (exact) mass is 374 g/mol. The molecule has 0 fully saturated rings. The summed E-state index contributed by atoms with van der Waals surface area (Å²) in [6.07, 6.45) is 0. The van der Waals surface area contributed by atoms with E-state index in [-0.39, 0.29) is 16.2 Å². The fraction of sp³-hybridized carbons (Fsp3) is 0.350. The van der Waals surface area contributed by atoms with Crippen LogP contribution in [0.2, 0.25) is 0 Å². The van der Waals surface area contributed by atoms with E-state index in [2.05, 4.69) is 30.8 Å². The van der Waals surface area contributed by atoms with Crippen LogP contribution in [0.5, 0.6) is 0 Å². The number of amides is 1. The second-order valence-electron chi connectivity index (χ2n) is 7.32. The number of benzene rings is 2. The zero-order valence-corrected chi connectivity index (χ0v) is 16.4. The van der Waals surface area contributed by atoms with Crippen LogP contribution in [0.15, 0.2) is 59.5 Å². The molecule has 2 N–H and O–H groups in total. The second kappa shape index (κ2) is 8.01. The van der Waals surface area contributed by atoms with Crippen molar-refractivity contribution in [3.8, 4) is 0 Å². The maximum absolute atomic E-state index is 12.5. The summed E-state index contributed by atoms with van der Waals surface area (Å²) in [7, 11) is -3.76. The molecule has 0 heterocycles. The Morgan fingerprint density at radius 1 is 1.00 bits per heavy atom. The summed E-state index contributed by atoms with van der Waals surface area (Å²) in [5, 5.41) is 2.74. The summed E-state index contributed by atoms with van der Waals surface area (Å²) >= 11 is 0. The van der Waals surface area contributed by atoms with E-state index in [0.29, 0.717) is 6.54 Å². The molecule has 2 aromatic rings. The van der Waals surface area contributed by atoms with Gasteiger partial charge in [0.25, 0.3) is 0 Å². The van der Waals surface area contributed by atoms with Crippen LogP contribution in [0.3, 0.4) is 0 Å². The van der Waals surface area contributed by atoms with Crippen molar-refractivity contribution in [1.82, 2.24) is 10.0 Å². The Hall–Kier alpha value is -2.18. The molecule has 1 atom stereocenters. The second-order valence-corrected chi connectivity index (χ2v) is 9.03. The van der Waals surface area contributed by atoms with Crippen molar-refractivity contribution in [3.63, 3.8) is 0 Å². The lowest BCUT2D eigenvalue weighted by Crippen LogP contribution is -2.44. The van der Waals surface area contributed by atoms with Crippen molar-refractivity contribution in [3.05, 3.63) is 65.7 Å². The topological polar surface area (TPSA) is 75.3 Å². The Morgan fingerprint density at radius 3 is 2.12 bits per heavy atom. The van der Waals surface area contributed by atoms with E-state index < -0.39 is 16.1 Å². The standard InChI is InChI=1S/C20H26N2O3S/c1-15(19(23)21-14-16-8-6-5-7-9-16)22-26(24,25)18-12-10-17(11-13-18)20(2,3)4/h5-13,15,22H,14H2,1-4H3,(H,21,23)/t15-/m0/s1. The maximum Gasteiger partial charge on any atom is 0.241 e. The summed E-state index contributed by atoms with van der Waals surface area (Å²) < 4.78 is 27.4. The molecule has 0 bridgehead atoms. The summed E-state index contributed by atoms with van der Waals surface area (Å²) in [5.74, 6) is -0.372. The van der Waals surface area contributed by atoms with Gasteiger partial charge in [0.05, 0.1) is 10.9 Å². The molecule has 0 saturated heterocycles. The number of hydrogen-bond donors (Lipinski definition) is 2. The van der Waals surface area contributed by atoms with Crippen LogP contribution in [-0.2, 0) is 26.8 Å². The van der Waals surface area contributed by atoms with Crippen molar-refractivity contribution in [2.75, 3.05) is 0 Å². The number of nitrogens with one attached hydrogen (secondary N) is 2. The van der Waals surface area contributed by atoms with E-state index in [1.807, 2.05) is 30.3 Å². The molecule has 0 aliphatic heterocycles. The minimum absolute atomic E-state index is 0.0552. The lowest BCUT2D eigenvalue weighted by atomic mass is 9.87. The van der Waals surface area contributed by atoms with Crippen LogP contribution in [0.1, 0.15) is 38.8 Å². The van der Waals surface area contributed by atoms with Gasteiger partial charge in [-0.1, -0.05) is 63.2 Å². The van der Waals surface area contributed by atoms with Crippen LogP contribution in [0, 0.1) is 0 Å².